The summed E-state index contributed by atoms with van der Waals surface area (Å²) in [7, 11) is 3.78. The summed E-state index contributed by atoms with van der Waals surface area (Å²) in [6.07, 6.45) is 4.74. The lowest BCUT2D eigenvalue weighted by atomic mass is 9.73. The number of benzene rings is 3. The number of carbonyl (C=O) groups is 2. The number of carbonyl (C=O) groups excluding carboxylic acids is 2. The number of ether oxygens (including phenoxy) is 3. The van der Waals surface area contributed by atoms with Crippen molar-refractivity contribution < 1.29 is 23.8 Å². The first-order chi connectivity index (χ1) is 23.2. The summed E-state index contributed by atoms with van der Waals surface area (Å²) in [4.78, 5) is 30.6. The molecule has 0 radical (unpaired) electrons. The van der Waals surface area contributed by atoms with Gasteiger partial charge >= 0.3 is 6.09 Å². The van der Waals surface area contributed by atoms with Crippen molar-refractivity contribution in [1.29, 1.82) is 0 Å². The molecule has 1 aliphatic heterocycles. The van der Waals surface area contributed by atoms with Crippen LogP contribution < -0.4 is 24.6 Å². The summed E-state index contributed by atoms with van der Waals surface area (Å²) in [6.45, 7) is 15.1. The van der Waals surface area contributed by atoms with E-state index in [1.807, 2.05) is 31.7 Å². The maximum Gasteiger partial charge on any atom is 0.407 e. The quantitative estimate of drug-likeness (QED) is 0.233. The van der Waals surface area contributed by atoms with Gasteiger partial charge in [-0.25, -0.2) is 4.79 Å². The molecule has 0 spiro atoms. The number of rotatable bonds is 10. The first-order valence-corrected chi connectivity index (χ1v) is 17.8. The maximum absolute atomic E-state index is 14.0. The molecule has 1 heterocycles. The molecular weight excluding hydrogens is 614 g/mol. The minimum absolute atomic E-state index is 0.0295. The number of fused-ring (bicyclic) bond motifs is 1. The monoisotopic (exact) mass is 669 g/mol. The number of amides is 2. The van der Waals surface area contributed by atoms with Crippen molar-refractivity contribution in [2.24, 2.45) is 5.41 Å². The highest BCUT2D eigenvalue weighted by molar-refractivity contribution is 5.98. The van der Waals surface area contributed by atoms with E-state index in [1.165, 1.54) is 5.56 Å². The molecule has 264 valence electrons. The number of nitrogens with one attached hydrogen (secondary N) is 1. The molecule has 1 saturated carbocycles. The van der Waals surface area contributed by atoms with Gasteiger partial charge in [-0.3, -0.25) is 4.79 Å². The van der Waals surface area contributed by atoms with E-state index < -0.39 is 5.60 Å². The minimum Gasteiger partial charge on any atom is -0.493 e. The maximum atomic E-state index is 14.0. The average molecular weight is 670 g/mol. The Bertz CT molecular complexity index is 1600. The van der Waals surface area contributed by atoms with Crippen molar-refractivity contribution in [2.75, 3.05) is 30.5 Å². The predicted octanol–water partition coefficient (Wildman–Crippen LogP) is 8.77. The van der Waals surface area contributed by atoms with Crippen molar-refractivity contribution in [3.05, 3.63) is 82.9 Å². The van der Waals surface area contributed by atoms with Gasteiger partial charge in [0.1, 0.15) is 5.60 Å². The van der Waals surface area contributed by atoms with Gasteiger partial charge < -0.3 is 29.3 Å². The Morgan fingerprint density at radius 1 is 1.04 bits per heavy atom. The molecule has 1 N–H and O–H groups in total. The summed E-state index contributed by atoms with van der Waals surface area (Å²) in [5.74, 6) is 1.39. The summed E-state index contributed by atoms with van der Waals surface area (Å²) in [5, 5.41) is 3.06. The van der Waals surface area contributed by atoms with E-state index in [4.69, 9.17) is 14.2 Å². The van der Waals surface area contributed by atoms with Crippen LogP contribution in [0, 0.1) is 12.3 Å². The van der Waals surface area contributed by atoms with Crippen LogP contribution in [0.3, 0.4) is 0 Å². The van der Waals surface area contributed by atoms with Gasteiger partial charge in [0.2, 0.25) is 5.91 Å². The van der Waals surface area contributed by atoms with Crippen LogP contribution in [0.25, 0.3) is 0 Å². The fraction of sp³-hybridized carbons (Fsp3) is 0.512. The van der Waals surface area contributed by atoms with Gasteiger partial charge in [0, 0.05) is 31.0 Å². The molecule has 0 saturated heterocycles. The van der Waals surface area contributed by atoms with Crippen LogP contribution in [0.5, 0.6) is 11.5 Å². The highest BCUT2D eigenvalue weighted by atomic mass is 16.6. The van der Waals surface area contributed by atoms with Crippen molar-refractivity contribution in [2.45, 2.75) is 111 Å². The van der Waals surface area contributed by atoms with Crippen LogP contribution in [0.4, 0.5) is 16.2 Å². The van der Waals surface area contributed by atoms with Crippen LogP contribution >= 0.6 is 0 Å². The van der Waals surface area contributed by atoms with Gasteiger partial charge in [0.25, 0.3) is 0 Å². The third-order valence-electron chi connectivity index (χ3n) is 9.99. The van der Waals surface area contributed by atoms with Crippen LogP contribution in [-0.4, -0.2) is 50.4 Å². The van der Waals surface area contributed by atoms with E-state index in [0.29, 0.717) is 11.5 Å². The number of hydrogen-bond acceptors (Lipinski definition) is 6. The normalized spacial score (nSPS) is 21.4. The number of methoxy groups -OCH3 is 1. The molecule has 0 aromatic heterocycles. The first kappa shape index (κ1) is 36.1. The Kier molecular flexibility index (Phi) is 10.9. The molecule has 5 rings (SSSR count). The number of nitrogens with zero attached hydrogens (tertiary/aromatic N) is 2. The molecule has 2 atom stereocenters. The van der Waals surface area contributed by atoms with E-state index in [9.17, 15) is 9.59 Å². The Balaban J connectivity index is 1.35. The van der Waals surface area contributed by atoms with Crippen LogP contribution in [0.15, 0.2) is 60.7 Å². The van der Waals surface area contributed by atoms with Gasteiger partial charge in [-0.2, -0.15) is 0 Å². The van der Waals surface area contributed by atoms with Crippen LogP contribution in [0.2, 0.25) is 0 Å². The molecule has 2 amide bonds. The molecule has 0 bridgehead atoms. The van der Waals surface area contributed by atoms with Crippen LogP contribution in [0.1, 0.15) is 102 Å². The van der Waals surface area contributed by atoms with Crippen molar-refractivity contribution >= 4 is 23.4 Å². The molecule has 3 aromatic carbocycles. The number of alkyl carbamates (subject to hydrolysis) is 1. The van der Waals surface area contributed by atoms with E-state index in [2.05, 4.69) is 99.6 Å². The molecule has 3 aromatic rings. The van der Waals surface area contributed by atoms with E-state index in [-0.39, 0.29) is 42.0 Å². The van der Waals surface area contributed by atoms with Crippen molar-refractivity contribution in [1.82, 2.24) is 5.32 Å². The molecule has 1 aliphatic carbocycles. The molecule has 8 nitrogen and oxygen atoms in total. The number of anilines is 2. The Morgan fingerprint density at radius 2 is 1.69 bits per heavy atom. The summed E-state index contributed by atoms with van der Waals surface area (Å²) >= 11 is 0. The lowest BCUT2D eigenvalue weighted by Gasteiger charge is -2.41. The van der Waals surface area contributed by atoms with Gasteiger partial charge in [0.05, 0.1) is 25.7 Å². The van der Waals surface area contributed by atoms with Gasteiger partial charge in [0.15, 0.2) is 11.5 Å². The fourth-order valence-corrected chi connectivity index (χ4v) is 7.10. The Labute approximate surface area is 293 Å². The standard InChI is InChI=1S/C41H55N3O5/c1-10-28(3)48-36-25-34-30(23-35(36)47-9)24-37(45)44(38(34)29-13-11-27(2)12-14-29)33-17-15-32(16-18-33)43(8)26-41(7)21-19-31(20-22-41)42-39(46)49-40(4,5)6/h11-18,23,25,28,31,38H,10,19-22,24,26H2,1-9H3,(H,42,46)/t28-,31?,38?,41?/m1/s1. The second kappa shape index (κ2) is 14.7. The molecule has 2 aliphatic rings. The lowest BCUT2D eigenvalue weighted by molar-refractivity contribution is -0.118. The van der Waals surface area contributed by atoms with Crippen LogP contribution in [-0.2, 0) is 16.0 Å². The van der Waals surface area contributed by atoms with Crippen molar-refractivity contribution in [3.63, 3.8) is 0 Å². The molecule has 8 heteroatoms. The molecular formula is C41H55N3O5. The van der Waals surface area contributed by atoms with E-state index in [0.717, 1.165) is 66.7 Å². The third-order valence-corrected chi connectivity index (χ3v) is 9.99. The second-order valence-electron chi connectivity index (χ2n) is 15.4. The molecule has 49 heavy (non-hydrogen) atoms. The minimum atomic E-state index is -0.501. The predicted molar refractivity (Wildman–Crippen MR) is 197 cm³/mol. The number of aryl methyl sites for hydroxylation is 1. The average Bonchev–Trinajstić information content (AvgIpc) is 3.04. The smallest absolute Gasteiger partial charge is 0.407 e. The SMILES string of the molecule is CC[C@@H](C)Oc1cc2c(cc1OC)CC(=O)N(c1ccc(N(C)CC3(C)CCC(NC(=O)OC(C)(C)C)CC3)cc1)C2c1ccc(C)cc1. The number of hydrogen-bond donors (Lipinski definition) is 1. The van der Waals surface area contributed by atoms with Gasteiger partial charge in [-0.15, -0.1) is 0 Å². The highest BCUT2D eigenvalue weighted by Gasteiger charge is 2.37. The zero-order chi connectivity index (χ0) is 35.5. The largest absolute Gasteiger partial charge is 0.493 e. The summed E-state index contributed by atoms with van der Waals surface area (Å²) < 4.78 is 17.5. The highest BCUT2D eigenvalue weighted by Crippen LogP contribution is 2.44. The lowest BCUT2D eigenvalue weighted by Crippen LogP contribution is -2.44. The molecule has 1 unspecified atom stereocenters. The Hall–Kier alpha value is -4.20. The van der Waals surface area contributed by atoms with Gasteiger partial charge in [-0.05, 0) is 125 Å². The topological polar surface area (TPSA) is 80.3 Å². The van der Waals surface area contributed by atoms with E-state index in [1.54, 1.807) is 7.11 Å². The Morgan fingerprint density at radius 3 is 2.29 bits per heavy atom. The zero-order valence-electron chi connectivity index (χ0n) is 30.9. The zero-order valence-corrected chi connectivity index (χ0v) is 30.9. The third kappa shape index (κ3) is 8.70. The summed E-state index contributed by atoms with van der Waals surface area (Å²) in [5.41, 5.74) is 5.81. The second-order valence-corrected chi connectivity index (χ2v) is 15.4. The first-order valence-electron chi connectivity index (χ1n) is 17.8. The molecule has 1 fully saturated rings. The summed E-state index contributed by atoms with van der Waals surface area (Å²) in [6, 6.07) is 20.7. The van der Waals surface area contributed by atoms with E-state index >= 15 is 0 Å². The van der Waals surface area contributed by atoms with Crippen molar-refractivity contribution in [3.8, 4) is 11.5 Å². The van der Waals surface area contributed by atoms with Gasteiger partial charge in [-0.1, -0.05) is 43.7 Å². The fourth-order valence-electron chi connectivity index (χ4n) is 7.10.